The molecule has 0 saturated heterocycles. The molecule has 0 atom stereocenters. The Morgan fingerprint density at radius 3 is 2.68 bits per heavy atom. The second kappa shape index (κ2) is 10.6. The Kier molecular flexibility index (Phi) is 7.60. The van der Waals surface area contributed by atoms with Crippen molar-refractivity contribution in [3.05, 3.63) is 70.5 Å². The minimum absolute atomic E-state index is 0.137. The van der Waals surface area contributed by atoms with E-state index >= 15 is 0 Å². The lowest BCUT2D eigenvalue weighted by Gasteiger charge is -2.23. The monoisotopic (exact) mass is 440 g/mol. The second-order valence-corrected chi connectivity index (χ2v) is 7.80. The number of carbonyl (C=O) groups excluding carboxylic acids is 1. The second-order valence-electron chi connectivity index (χ2n) is 6.79. The van der Waals surface area contributed by atoms with Crippen molar-refractivity contribution in [1.82, 2.24) is 20.1 Å². The lowest BCUT2D eigenvalue weighted by Crippen LogP contribution is -2.30. The van der Waals surface area contributed by atoms with Gasteiger partial charge < -0.3 is 14.8 Å². The number of carbonyl (C=O) groups is 1. The molecule has 0 bridgehead atoms. The van der Waals surface area contributed by atoms with E-state index in [1.54, 1.807) is 23.7 Å². The molecule has 1 aromatic heterocycles. The molecule has 1 heterocycles. The lowest BCUT2D eigenvalue weighted by atomic mass is 10.2. The maximum atomic E-state index is 12.5. The normalized spacial score (nSPS) is 10.6. The number of para-hydroxylation sites is 1. The highest BCUT2D eigenvalue weighted by molar-refractivity contribution is 7.99. The third-order valence-corrected chi connectivity index (χ3v) is 5.80. The predicted molar refractivity (Wildman–Crippen MR) is 120 cm³/mol. The van der Waals surface area contributed by atoms with E-state index < -0.39 is 4.92 Å². The molecule has 0 unspecified atom stereocenters. The Morgan fingerprint density at radius 1 is 1.26 bits per heavy atom. The van der Waals surface area contributed by atoms with Gasteiger partial charge in [-0.05, 0) is 49.4 Å². The number of rotatable bonds is 10. The van der Waals surface area contributed by atoms with E-state index in [1.807, 2.05) is 18.2 Å². The molecule has 0 saturated carbocycles. The van der Waals surface area contributed by atoms with Crippen molar-refractivity contribution < 1.29 is 9.72 Å². The van der Waals surface area contributed by atoms with Crippen LogP contribution in [0, 0.1) is 10.1 Å². The van der Waals surface area contributed by atoms with Crippen LogP contribution in [-0.4, -0.2) is 45.2 Å². The number of nitro groups is 1. The molecule has 10 heteroatoms. The molecule has 3 rings (SSSR count). The molecule has 0 radical (unpaired) electrons. The molecule has 3 aromatic rings. The molecule has 0 aliphatic rings. The minimum Gasteiger partial charge on any atom is -0.372 e. The molecular formula is C21H24N6O3S. The molecule has 9 nitrogen and oxygen atoms in total. The van der Waals surface area contributed by atoms with Crippen molar-refractivity contribution >= 4 is 29.0 Å². The number of aromatic nitrogens is 3. The van der Waals surface area contributed by atoms with Crippen molar-refractivity contribution in [2.24, 2.45) is 7.05 Å². The summed E-state index contributed by atoms with van der Waals surface area (Å²) in [5.41, 5.74) is 1.26. The van der Waals surface area contributed by atoms with Gasteiger partial charge in [0.25, 0.3) is 11.6 Å². The first-order valence-electron chi connectivity index (χ1n) is 9.88. The largest absolute Gasteiger partial charge is 0.372 e. The topological polar surface area (TPSA) is 106 Å². The highest BCUT2D eigenvalue weighted by Crippen LogP contribution is 2.34. The van der Waals surface area contributed by atoms with Gasteiger partial charge in [0.1, 0.15) is 6.33 Å². The number of nitrogens with zero attached hydrogens (tertiary/aromatic N) is 5. The van der Waals surface area contributed by atoms with Crippen LogP contribution >= 0.6 is 11.8 Å². The van der Waals surface area contributed by atoms with Gasteiger partial charge in [-0.1, -0.05) is 18.2 Å². The molecule has 0 spiro atoms. The quantitative estimate of drug-likeness (QED) is 0.292. The van der Waals surface area contributed by atoms with Gasteiger partial charge in [0.2, 0.25) is 0 Å². The van der Waals surface area contributed by atoms with Crippen molar-refractivity contribution in [3.63, 3.8) is 0 Å². The Bertz CT molecular complexity index is 1040. The van der Waals surface area contributed by atoms with Crippen molar-refractivity contribution in [3.8, 4) is 0 Å². The van der Waals surface area contributed by atoms with E-state index in [2.05, 4.69) is 39.5 Å². The summed E-state index contributed by atoms with van der Waals surface area (Å²) in [5.74, 6) is -0.332. The van der Waals surface area contributed by atoms with Gasteiger partial charge in [0.05, 0.1) is 9.82 Å². The number of amides is 1. The van der Waals surface area contributed by atoms with Crippen LogP contribution in [-0.2, 0) is 7.05 Å². The van der Waals surface area contributed by atoms with Gasteiger partial charge in [0.15, 0.2) is 5.16 Å². The zero-order valence-electron chi connectivity index (χ0n) is 17.4. The minimum atomic E-state index is -0.492. The summed E-state index contributed by atoms with van der Waals surface area (Å²) in [6.45, 7) is 4.24. The number of anilines is 1. The number of hydrogen-bond donors (Lipinski definition) is 1. The Hall–Kier alpha value is -3.40. The number of nitro benzene ring substituents is 1. The third-order valence-electron chi connectivity index (χ3n) is 4.68. The summed E-state index contributed by atoms with van der Waals surface area (Å²) in [6, 6.07) is 14.6. The van der Waals surface area contributed by atoms with E-state index in [0.717, 1.165) is 37.0 Å². The molecule has 1 amide bonds. The van der Waals surface area contributed by atoms with Crippen LogP contribution in [0.15, 0.2) is 64.9 Å². The van der Waals surface area contributed by atoms with Gasteiger partial charge in [-0.3, -0.25) is 14.9 Å². The van der Waals surface area contributed by atoms with Crippen LogP contribution in [0.1, 0.15) is 23.7 Å². The Labute approximate surface area is 184 Å². The standard InChI is InChI=1S/C21H24N6O3S/c1-3-26(17-8-5-4-6-9-17)13-7-12-22-20(28)16-10-11-19(18(14-16)27(29)30)31-21-24-23-15-25(21)2/h4-6,8-11,14-15H,3,7,12-13H2,1-2H3,(H,22,28). The third kappa shape index (κ3) is 5.82. The molecular weight excluding hydrogens is 416 g/mol. The first-order valence-corrected chi connectivity index (χ1v) is 10.7. The Balaban J connectivity index is 1.59. The van der Waals surface area contributed by atoms with Crippen LogP contribution < -0.4 is 10.2 Å². The van der Waals surface area contributed by atoms with Crippen LogP contribution in [0.2, 0.25) is 0 Å². The van der Waals surface area contributed by atoms with Gasteiger partial charge in [0, 0.05) is 44.0 Å². The molecule has 0 fully saturated rings. The molecule has 31 heavy (non-hydrogen) atoms. The van der Waals surface area contributed by atoms with Crippen LogP contribution in [0.5, 0.6) is 0 Å². The fourth-order valence-corrected chi connectivity index (χ4v) is 3.88. The maximum absolute atomic E-state index is 12.5. The Morgan fingerprint density at radius 2 is 2.03 bits per heavy atom. The average Bonchev–Trinajstić information content (AvgIpc) is 3.18. The molecule has 0 aliphatic carbocycles. The lowest BCUT2D eigenvalue weighted by molar-refractivity contribution is -0.387. The SMILES string of the molecule is CCN(CCCNC(=O)c1ccc(Sc2nncn2C)c([N+](=O)[O-])c1)c1ccccc1. The number of hydrogen-bond acceptors (Lipinski definition) is 7. The first-order chi connectivity index (χ1) is 15.0. The zero-order chi connectivity index (χ0) is 22.2. The molecule has 2 aromatic carbocycles. The number of benzene rings is 2. The van der Waals surface area contributed by atoms with Crippen LogP contribution in [0.3, 0.4) is 0 Å². The number of nitrogens with one attached hydrogen (secondary N) is 1. The molecule has 0 aliphatic heterocycles. The van der Waals surface area contributed by atoms with E-state index in [-0.39, 0.29) is 17.2 Å². The summed E-state index contributed by atoms with van der Waals surface area (Å²) in [6.07, 6.45) is 2.28. The van der Waals surface area contributed by atoms with Crippen molar-refractivity contribution in [2.45, 2.75) is 23.4 Å². The maximum Gasteiger partial charge on any atom is 0.284 e. The highest BCUT2D eigenvalue weighted by atomic mass is 32.2. The van der Waals surface area contributed by atoms with E-state index in [9.17, 15) is 14.9 Å². The molecule has 162 valence electrons. The summed E-state index contributed by atoms with van der Waals surface area (Å²) < 4.78 is 1.67. The van der Waals surface area contributed by atoms with Crippen LogP contribution in [0.25, 0.3) is 0 Å². The van der Waals surface area contributed by atoms with Gasteiger partial charge in [-0.25, -0.2) is 0 Å². The summed E-state index contributed by atoms with van der Waals surface area (Å²) in [5, 5.41) is 22.6. The fourth-order valence-electron chi connectivity index (χ4n) is 3.03. The summed E-state index contributed by atoms with van der Waals surface area (Å²) in [7, 11) is 1.76. The summed E-state index contributed by atoms with van der Waals surface area (Å²) >= 11 is 1.13. The van der Waals surface area contributed by atoms with E-state index in [0.29, 0.717) is 16.6 Å². The average molecular weight is 441 g/mol. The van der Waals surface area contributed by atoms with Crippen molar-refractivity contribution in [1.29, 1.82) is 0 Å². The smallest absolute Gasteiger partial charge is 0.284 e. The predicted octanol–water partition coefficient (Wildman–Crippen LogP) is 3.52. The molecule has 1 N–H and O–H groups in total. The first kappa shape index (κ1) is 22.3. The van der Waals surface area contributed by atoms with Gasteiger partial charge in [-0.15, -0.1) is 10.2 Å². The summed E-state index contributed by atoms with van der Waals surface area (Å²) in [4.78, 5) is 26.2. The fraction of sp³-hybridized carbons (Fsp3) is 0.286. The number of aryl methyl sites for hydroxylation is 1. The highest BCUT2D eigenvalue weighted by Gasteiger charge is 2.20. The van der Waals surface area contributed by atoms with Gasteiger partial charge in [-0.2, -0.15) is 0 Å². The van der Waals surface area contributed by atoms with Crippen molar-refractivity contribution in [2.75, 3.05) is 24.5 Å². The van der Waals surface area contributed by atoms with Gasteiger partial charge >= 0.3 is 0 Å². The zero-order valence-corrected chi connectivity index (χ0v) is 18.2. The van der Waals surface area contributed by atoms with E-state index in [4.69, 9.17) is 0 Å². The van der Waals surface area contributed by atoms with E-state index in [1.165, 1.54) is 12.4 Å². The van der Waals surface area contributed by atoms with Crippen LogP contribution in [0.4, 0.5) is 11.4 Å².